The average Bonchev–Trinajstić information content (AvgIpc) is 3.23. The third-order valence-corrected chi connectivity index (χ3v) is 5.00. The number of hydrogen-bond donors (Lipinski definition) is 0. The van der Waals surface area contributed by atoms with Crippen LogP contribution in [0.4, 0.5) is 9.18 Å². The number of halogens is 1. The van der Waals surface area contributed by atoms with Crippen molar-refractivity contribution in [2.45, 2.75) is 20.0 Å². The van der Waals surface area contributed by atoms with E-state index in [4.69, 9.17) is 0 Å². The van der Waals surface area contributed by atoms with Gasteiger partial charge >= 0.3 is 6.03 Å². The molecule has 1 fully saturated rings. The van der Waals surface area contributed by atoms with E-state index in [-0.39, 0.29) is 11.8 Å². The largest absolute Gasteiger partial charge is 0.326 e. The van der Waals surface area contributed by atoms with Crippen molar-refractivity contribution < 1.29 is 9.18 Å². The summed E-state index contributed by atoms with van der Waals surface area (Å²) in [6, 6.07) is 8.92. The van der Waals surface area contributed by atoms with E-state index in [1.54, 1.807) is 29.1 Å². The van der Waals surface area contributed by atoms with Gasteiger partial charge in [-0.2, -0.15) is 0 Å². The Bertz CT molecular complexity index is 1040. The molecular weight excluding hydrogens is 357 g/mol. The molecule has 1 saturated heterocycles. The van der Waals surface area contributed by atoms with Gasteiger partial charge in [0, 0.05) is 32.9 Å². The van der Waals surface area contributed by atoms with Gasteiger partial charge in [-0.05, 0) is 42.8 Å². The van der Waals surface area contributed by atoms with Crippen molar-refractivity contribution >= 4 is 29.2 Å². The Hall–Kier alpha value is -3.22. The van der Waals surface area contributed by atoms with Crippen molar-refractivity contribution in [3.05, 3.63) is 59.4 Å². The number of amides is 2. The molecule has 6 nitrogen and oxygen atoms in total. The fourth-order valence-corrected chi connectivity index (χ4v) is 3.43. The van der Waals surface area contributed by atoms with Crippen LogP contribution in [-0.4, -0.2) is 50.5 Å². The number of aryl methyl sites for hydroxylation is 1. The maximum atomic E-state index is 14.0. The SMILES string of the molecule is CCn1c(/C=C/c2ccc(CN3CCN(C)C3=O)nc2)nc2c(F)cccc21. The van der Waals surface area contributed by atoms with Crippen molar-refractivity contribution in [1.29, 1.82) is 0 Å². The summed E-state index contributed by atoms with van der Waals surface area (Å²) < 4.78 is 16.0. The van der Waals surface area contributed by atoms with Gasteiger partial charge in [0.1, 0.15) is 11.3 Å². The van der Waals surface area contributed by atoms with Crippen LogP contribution in [0, 0.1) is 5.82 Å². The Labute approximate surface area is 162 Å². The van der Waals surface area contributed by atoms with E-state index in [1.165, 1.54) is 6.07 Å². The van der Waals surface area contributed by atoms with Crippen LogP contribution in [-0.2, 0) is 13.1 Å². The molecule has 0 spiro atoms. The average molecular weight is 379 g/mol. The lowest BCUT2D eigenvalue weighted by Gasteiger charge is -2.15. The summed E-state index contributed by atoms with van der Waals surface area (Å²) in [6.07, 6.45) is 5.56. The van der Waals surface area contributed by atoms with E-state index in [2.05, 4.69) is 9.97 Å². The number of pyridine rings is 1. The van der Waals surface area contributed by atoms with Crippen LogP contribution in [0.3, 0.4) is 0 Å². The van der Waals surface area contributed by atoms with Crippen LogP contribution in [0.2, 0.25) is 0 Å². The Balaban J connectivity index is 1.52. The second-order valence-corrected chi connectivity index (χ2v) is 6.86. The summed E-state index contributed by atoms with van der Waals surface area (Å²) in [5.41, 5.74) is 2.95. The van der Waals surface area contributed by atoms with E-state index in [1.807, 2.05) is 41.8 Å². The maximum absolute atomic E-state index is 14.0. The molecule has 0 saturated carbocycles. The summed E-state index contributed by atoms with van der Waals surface area (Å²) in [6.45, 7) is 4.70. The van der Waals surface area contributed by atoms with Gasteiger partial charge in [-0.3, -0.25) is 4.98 Å². The fourth-order valence-electron chi connectivity index (χ4n) is 3.43. The predicted octanol–water partition coefficient (Wildman–Crippen LogP) is 3.63. The molecule has 1 aromatic carbocycles. The van der Waals surface area contributed by atoms with Crippen molar-refractivity contribution in [3.63, 3.8) is 0 Å². The molecule has 0 bridgehead atoms. The second-order valence-electron chi connectivity index (χ2n) is 6.86. The first kappa shape index (κ1) is 18.2. The molecule has 28 heavy (non-hydrogen) atoms. The van der Waals surface area contributed by atoms with Crippen molar-refractivity contribution in [2.24, 2.45) is 0 Å². The number of rotatable bonds is 5. The molecule has 0 unspecified atom stereocenters. The molecule has 3 aromatic rings. The summed E-state index contributed by atoms with van der Waals surface area (Å²) in [5, 5.41) is 0. The zero-order valence-electron chi connectivity index (χ0n) is 16.0. The van der Waals surface area contributed by atoms with Gasteiger partial charge in [0.15, 0.2) is 5.82 Å². The molecule has 2 amide bonds. The quantitative estimate of drug-likeness (QED) is 0.680. The molecule has 144 valence electrons. The first-order valence-electron chi connectivity index (χ1n) is 9.34. The van der Waals surface area contributed by atoms with Gasteiger partial charge in [0.25, 0.3) is 0 Å². The van der Waals surface area contributed by atoms with Crippen LogP contribution in [0.1, 0.15) is 24.0 Å². The normalized spacial score (nSPS) is 14.8. The van der Waals surface area contributed by atoms with E-state index in [0.717, 1.165) is 29.9 Å². The van der Waals surface area contributed by atoms with Crippen LogP contribution in [0.25, 0.3) is 23.2 Å². The topological polar surface area (TPSA) is 54.3 Å². The van der Waals surface area contributed by atoms with Gasteiger partial charge in [0.05, 0.1) is 17.8 Å². The van der Waals surface area contributed by atoms with Gasteiger partial charge in [-0.25, -0.2) is 14.2 Å². The highest BCUT2D eigenvalue weighted by Crippen LogP contribution is 2.20. The summed E-state index contributed by atoms with van der Waals surface area (Å²) in [4.78, 5) is 24.4. The highest BCUT2D eigenvalue weighted by molar-refractivity contribution is 5.80. The molecular formula is C21H22FN5O. The van der Waals surface area contributed by atoms with Crippen LogP contribution in [0.5, 0.6) is 0 Å². The third-order valence-electron chi connectivity index (χ3n) is 5.00. The third kappa shape index (κ3) is 3.35. The molecule has 4 rings (SSSR count). The van der Waals surface area contributed by atoms with Gasteiger partial charge in [0.2, 0.25) is 0 Å². The number of benzene rings is 1. The number of fused-ring (bicyclic) bond motifs is 1. The van der Waals surface area contributed by atoms with Crippen molar-refractivity contribution in [2.75, 3.05) is 20.1 Å². The Morgan fingerprint density at radius 3 is 2.71 bits per heavy atom. The minimum absolute atomic E-state index is 0.0384. The number of urea groups is 1. The molecule has 2 aromatic heterocycles. The molecule has 3 heterocycles. The van der Waals surface area contributed by atoms with E-state index >= 15 is 0 Å². The molecule has 0 radical (unpaired) electrons. The van der Waals surface area contributed by atoms with Crippen molar-refractivity contribution in [3.8, 4) is 0 Å². The van der Waals surface area contributed by atoms with Crippen LogP contribution < -0.4 is 0 Å². The standard InChI is InChI=1S/C21H22FN5O/c1-3-27-18-6-4-5-17(22)20(18)24-19(27)10-8-15-7-9-16(23-13-15)14-26-12-11-25(2)21(26)28/h4-10,13H,3,11-12,14H2,1-2H3/b10-8+. The molecule has 7 heteroatoms. The number of carbonyl (C=O) groups excluding carboxylic acids is 1. The predicted molar refractivity (Wildman–Crippen MR) is 107 cm³/mol. The van der Waals surface area contributed by atoms with Gasteiger partial charge in [-0.15, -0.1) is 0 Å². The minimum Gasteiger partial charge on any atom is -0.326 e. The Kier molecular flexibility index (Phi) is 4.81. The zero-order valence-corrected chi connectivity index (χ0v) is 16.0. The van der Waals surface area contributed by atoms with E-state index in [0.29, 0.717) is 24.4 Å². The summed E-state index contributed by atoms with van der Waals surface area (Å²) in [5.74, 6) is 0.393. The smallest absolute Gasteiger partial charge is 0.320 e. The Morgan fingerprint density at radius 1 is 1.18 bits per heavy atom. The number of hydrogen-bond acceptors (Lipinski definition) is 3. The second kappa shape index (κ2) is 7.42. The molecule has 0 aliphatic carbocycles. The Morgan fingerprint density at radius 2 is 2.04 bits per heavy atom. The lowest BCUT2D eigenvalue weighted by atomic mass is 10.2. The lowest BCUT2D eigenvalue weighted by molar-refractivity contribution is 0.196. The van der Waals surface area contributed by atoms with Crippen molar-refractivity contribution in [1.82, 2.24) is 24.3 Å². The molecule has 0 atom stereocenters. The highest BCUT2D eigenvalue weighted by Gasteiger charge is 2.25. The first-order valence-corrected chi connectivity index (χ1v) is 9.34. The number of nitrogens with zero attached hydrogens (tertiary/aromatic N) is 5. The number of likely N-dealkylation sites (N-methyl/N-ethyl adjacent to an activating group) is 1. The summed E-state index contributed by atoms with van der Waals surface area (Å²) >= 11 is 0. The van der Waals surface area contributed by atoms with Crippen LogP contribution in [0.15, 0.2) is 36.5 Å². The first-order chi connectivity index (χ1) is 13.6. The van der Waals surface area contributed by atoms with E-state index in [9.17, 15) is 9.18 Å². The number of imidazole rings is 1. The zero-order chi connectivity index (χ0) is 19.7. The number of aromatic nitrogens is 3. The monoisotopic (exact) mass is 379 g/mol. The lowest BCUT2D eigenvalue weighted by Crippen LogP contribution is -2.29. The molecule has 1 aliphatic rings. The number of para-hydroxylation sites is 1. The molecule has 0 N–H and O–H groups in total. The highest BCUT2D eigenvalue weighted by atomic mass is 19.1. The van der Waals surface area contributed by atoms with E-state index < -0.39 is 0 Å². The molecule has 1 aliphatic heterocycles. The minimum atomic E-state index is -0.313. The van der Waals surface area contributed by atoms with Gasteiger partial charge in [-0.1, -0.05) is 12.1 Å². The van der Waals surface area contributed by atoms with Gasteiger partial charge < -0.3 is 14.4 Å². The fraction of sp³-hybridized carbons (Fsp3) is 0.286. The maximum Gasteiger partial charge on any atom is 0.320 e. The summed E-state index contributed by atoms with van der Waals surface area (Å²) in [7, 11) is 1.80. The van der Waals surface area contributed by atoms with Crippen LogP contribution >= 0.6 is 0 Å². The number of carbonyl (C=O) groups is 1.